The zero-order chi connectivity index (χ0) is 30.3. The highest BCUT2D eigenvalue weighted by atomic mass is 16.6. The molecule has 1 saturated heterocycles. The van der Waals surface area contributed by atoms with Crippen LogP contribution in [0.3, 0.4) is 0 Å². The first-order valence-electron chi connectivity index (χ1n) is 14.5. The molecule has 4 rings (SSSR count). The molecule has 1 aliphatic rings. The van der Waals surface area contributed by atoms with Crippen molar-refractivity contribution in [1.29, 1.82) is 0 Å². The van der Waals surface area contributed by atoms with Gasteiger partial charge < -0.3 is 29.7 Å². The van der Waals surface area contributed by atoms with Gasteiger partial charge in [0, 0.05) is 63.1 Å². The van der Waals surface area contributed by atoms with Gasteiger partial charge in [0.05, 0.1) is 17.8 Å². The summed E-state index contributed by atoms with van der Waals surface area (Å²) in [5.41, 5.74) is 2.93. The van der Waals surface area contributed by atoms with E-state index < -0.39 is 5.60 Å². The van der Waals surface area contributed by atoms with E-state index in [0.29, 0.717) is 42.6 Å². The van der Waals surface area contributed by atoms with Gasteiger partial charge in [0.15, 0.2) is 5.69 Å². The monoisotopic (exact) mass is 578 g/mol. The number of anilines is 1. The van der Waals surface area contributed by atoms with Crippen LogP contribution >= 0.6 is 0 Å². The largest absolute Gasteiger partial charge is 0.478 e. The summed E-state index contributed by atoms with van der Waals surface area (Å²) >= 11 is 0. The normalized spacial score (nSPS) is 14.7. The summed E-state index contributed by atoms with van der Waals surface area (Å²) in [6.45, 7) is 10.1. The maximum atomic E-state index is 12.7. The van der Waals surface area contributed by atoms with Crippen LogP contribution in [0.5, 0.6) is 5.88 Å². The van der Waals surface area contributed by atoms with Crippen LogP contribution < -0.4 is 15.4 Å². The molecule has 226 valence electrons. The fourth-order valence-corrected chi connectivity index (χ4v) is 4.82. The Balaban J connectivity index is 1.46. The molecule has 42 heavy (non-hydrogen) atoms. The molecular weight excluding hydrogens is 536 g/mol. The molecule has 2 aromatic heterocycles. The van der Waals surface area contributed by atoms with Crippen molar-refractivity contribution in [1.82, 2.24) is 25.4 Å². The Morgan fingerprint density at radius 3 is 2.52 bits per heavy atom. The molecule has 3 aromatic rings. The second-order valence-electron chi connectivity index (χ2n) is 11.6. The van der Waals surface area contributed by atoms with Gasteiger partial charge in [-0.15, -0.1) is 10.2 Å². The number of nitrogens with one attached hydrogen (secondary N) is 2. The molecule has 0 aliphatic carbocycles. The Morgan fingerprint density at radius 2 is 1.86 bits per heavy atom. The van der Waals surface area contributed by atoms with E-state index in [1.807, 2.05) is 51.1 Å². The van der Waals surface area contributed by atoms with Gasteiger partial charge in [0.2, 0.25) is 5.88 Å². The van der Waals surface area contributed by atoms with Crippen molar-refractivity contribution in [2.75, 3.05) is 45.8 Å². The molecule has 0 bridgehead atoms. The second-order valence-corrected chi connectivity index (χ2v) is 11.6. The van der Waals surface area contributed by atoms with Gasteiger partial charge in [-0.25, -0.2) is 9.78 Å². The lowest BCUT2D eigenvalue weighted by atomic mass is 9.92. The van der Waals surface area contributed by atoms with E-state index in [9.17, 15) is 9.59 Å². The first kappa shape index (κ1) is 31.0. The molecule has 0 saturated carbocycles. The highest BCUT2D eigenvalue weighted by Crippen LogP contribution is 2.32. The van der Waals surface area contributed by atoms with Crippen LogP contribution in [0.4, 0.5) is 10.5 Å². The standard InChI is InChI=1S/C31H42N6O5/c1-20(21-12-16-40-17-13-21)34-27-24-18-22(8-10-25(24)35-36-28(27)29(38)32-5)23-9-11-26(33-19-23)41-15-7-14-37(6)30(39)42-31(2,3)4/h8-11,18-21H,7,12-17H2,1-6H3,(H,32,38)(H,34,35)/t20-/m0/s1. The van der Waals surface area contributed by atoms with Crippen LogP contribution in [0, 0.1) is 5.92 Å². The third-order valence-corrected chi connectivity index (χ3v) is 7.21. The minimum Gasteiger partial charge on any atom is -0.478 e. The zero-order valence-electron chi connectivity index (χ0n) is 25.4. The van der Waals surface area contributed by atoms with Gasteiger partial charge in [-0.1, -0.05) is 6.07 Å². The third kappa shape index (κ3) is 8.06. The molecule has 11 heteroatoms. The number of nitrogens with zero attached hydrogens (tertiary/aromatic N) is 4. The number of carbonyl (C=O) groups excluding carboxylic acids is 2. The van der Waals surface area contributed by atoms with Gasteiger partial charge in [-0.05, 0) is 76.6 Å². The minimum atomic E-state index is -0.528. The van der Waals surface area contributed by atoms with Crippen molar-refractivity contribution in [2.24, 2.45) is 5.92 Å². The summed E-state index contributed by atoms with van der Waals surface area (Å²) in [6.07, 6.45) is 3.97. The van der Waals surface area contributed by atoms with Crippen molar-refractivity contribution >= 4 is 28.6 Å². The average Bonchev–Trinajstić information content (AvgIpc) is 2.98. The second kappa shape index (κ2) is 13.8. The van der Waals surface area contributed by atoms with Gasteiger partial charge in [-0.2, -0.15) is 0 Å². The molecule has 0 radical (unpaired) electrons. The average molecular weight is 579 g/mol. The number of aromatic nitrogens is 3. The number of hydrogen-bond donors (Lipinski definition) is 2. The van der Waals surface area contributed by atoms with Crippen LogP contribution in [-0.4, -0.2) is 84.2 Å². The predicted octanol–water partition coefficient (Wildman–Crippen LogP) is 4.91. The predicted molar refractivity (Wildman–Crippen MR) is 162 cm³/mol. The highest BCUT2D eigenvalue weighted by molar-refractivity contribution is 6.06. The smallest absolute Gasteiger partial charge is 0.410 e. The SMILES string of the molecule is CNC(=O)c1nnc2ccc(-c3ccc(OCCCN(C)C(=O)OC(C)(C)C)nc3)cc2c1N[C@@H](C)C1CCOCC1. The van der Waals surface area contributed by atoms with Crippen LogP contribution in [-0.2, 0) is 9.47 Å². The van der Waals surface area contributed by atoms with Crippen LogP contribution in [0.2, 0.25) is 0 Å². The number of fused-ring (bicyclic) bond motifs is 1. The number of pyridine rings is 1. The van der Waals surface area contributed by atoms with Crippen molar-refractivity contribution < 1.29 is 23.8 Å². The van der Waals surface area contributed by atoms with Crippen LogP contribution in [0.25, 0.3) is 22.0 Å². The molecule has 1 aromatic carbocycles. The van der Waals surface area contributed by atoms with Gasteiger partial charge >= 0.3 is 6.09 Å². The zero-order valence-corrected chi connectivity index (χ0v) is 25.4. The Morgan fingerprint density at radius 1 is 1.12 bits per heavy atom. The Kier molecular flexibility index (Phi) is 10.2. The number of rotatable bonds is 10. The maximum absolute atomic E-state index is 12.7. The maximum Gasteiger partial charge on any atom is 0.410 e. The molecule has 1 atom stereocenters. The van der Waals surface area contributed by atoms with Gasteiger partial charge in [-0.3, -0.25) is 4.79 Å². The van der Waals surface area contributed by atoms with Crippen molar-refractivity contribution in [3.8, 4) is 17.0 Å². The van der Waals surface area contributed by atoms with E-state index in [4.69, 9.17) is 14.2 Å². The fraction of sp³-hybridized carbons (Fsp3) is 0.516. The quantitative estimate of drug-likeness (QED) is 0.322. The van der Waals surface area contributed by atoms with E-state index in [1.165, 1.54) is 4.90 Å². The summed E-state index contributed by atoms with van der Waals surface area (Å²) in [7, 11) is 3.30. The summed E-state index contributed by atoms with van der Waals surface area (Å²) in [6, 6.07) is 9.77. The lowest BCUT2D eigenvalue weighted by Gasteiger charge is -2.29. The van der Waals surface area contributed by atoms with E-state index in [2.05, 4.69) is 32.7 Å². The van der Waals surface area contributed by atoms with Crippen molar-refractivity contribution in [3.63, 3.8) is 0 Å². The summed E-state index contributed by atoms with van der Waals surface area (Å²) in [5.74, 6) is 0.633. The molecular formula is C31H42N6O5. The van der Waals surface area contributed by atoms with E-state index in [1.54, 1.807) is 20.3 Å². The number of amides is 2. The Hall–Kier alpha value is -3.99. The Labute approximate surface area is 247 Å². The first-order chi connectivity index (χ1) is 20.1. The molecule has 2 amide bonds. The first-order valence-corrected chi connectivity index (χ1v) is 14.5. The summed E-state index contributed by atoms with van der Waals surface area (Å²) in [5, 5.41) is 15.7. The van der Waals surface area contributed by atoms with Crippen molar-refractivity contribution in [2.45, 2.75) is 58.6 Å². The minimum absolute atomic E-state index is 0.121. The molecule has 11 nitrogen and oxygen atoms in total. The van der Waals surface area contributed by atoms with E-state index >= 15 is 0 Å². The molecule has 2 N–H and O–H groups in total. The fourth-order valence-electron chi connectivity index (χ4n) is 4.82. The molecule has 3 heterocycles. The number of hydrogen-bond acceptors (Lipinski definition) is 9. The molecule has 1 aliphatic heterocycles. The van der Waals surface area contributed by atoms with E-state index in [0.717, 1.165) is 42.6 Å². The van der Waals surface area contributed by atoms with Crippen LogP contribution in [0.15, 0.2) is 36.5 Å². The van der Waals surface area contributed by atoms with E-state index in [-0.39, 0.29) is 23.7 Å². The lowest BCUT2D eigenvalue weighted by molar-refractivity contribution is 0.0291. The van der Waals surface area contributed by atoms with Gasteiger partial charge in [0.25, 0.3) is 5.91 Å². The number of ether oxygens (including phenoxy) is 3. The molecule has 0 spiro atoms. The lowest BCUT2D eigenvalue weighted by Crippen LogP contribution is -2.35. The highest BCUT2D eigenvalue weighted by Gasteiger charge is 2.24. The third-order valence-electron chi connectivity index (χ3n) is 7.21. The van der Waals surface area contributed by atoms with Crippen LogP contribution in [0.1, 0.15) is 57.4 Å². The number of carbonyl (C=O) groups is 2. The van der Waals surface area contributed by atoms with Crippen molar-refractivity contribution in [3.05, 3.63) is 42.2 Å². The topological polar surface area (TPSA) is 128 Å². The summed E-state index contributed by atoms with van der Waals surface area (Å²) in [4.78, 5) is 30.9. The Bertz CT molecular complexity index is 1370. The van der Waals surface area contributed by atoms with Gasteiger partial charge in [0.1, 0.15) is 5.60 Å². The summed E-state index contributed by atoms with van der Waals surface area (Å²) < 4.78 is 16.7. The molecule has 1 fully saturated rings. The number of benzene rings is 1. The molecule has 0 unspecified atom stereocenters.